The van der Waals surface area contributed by atoms with E-state index >= 15 is 0 Å². The minimum atomic E-state index is 0.856. The zero-order valence-corrected chi connectivity index (χ0v) is 33.9. The van der Waals surface area contributed by atoms with Crippen molar-refractivity contribution in [3.8, 4) is 44.5 Å². The van der Waals surface area contributed by atoms with Crippen molar-refractivity contribution in [1.82, 2.24) is 0 Å². The Bertz CT molecular complexity index is 3630. The Morgan fingerprint density at radius 2 is 0.790 bits per heavy atom. The molecule has 0 atom stereocenters. The first-order valence-corrected chi connectivity index (χ1v) is 21.3. The molecule has 0 saturated carbocycles. The van der Waals surface area contributed by atoms with Crippen molar-refractivity contribution in [3.05, 3.63) is 237 Å². The van der Waals surface area contributed by atoms with Gasteiger partial charge in [-0.05, 0) is 102 Å². The highest BCUT2D eigenvalue weighted by atomic mass is 16.3. The van der Waals surface area contributed by atoms with E-state index in [4.69, 9.17) is 4.42 Å². The summed E-state index contributed by atoms with van der Waals surface area (Å²) in [6.07, 6.45) is 0. The summed E-state index contributed by atoms with van der Waals surface area (Å²) in [7, 11) is 0. The van der Waals surface area contributed by atoms with E-state index in [1.807, 2.05) is 12.1 Å². The standard InChI is InChI=1S/C60H39NO/c1-4-18-40(19-5-1)45-36-37-56(50-27-12-10-25-47(45)50)61(44-33-35-52-51-28-15-17-31-57(51)62-58(52)39-44)55-30-16-14-24-46(55)43-32-34-49-48-26-11-13-29-53(48)59(41-20-6-2-7-21-41)60(54(49)38-43)42-22-8-3-9-23-42/h1-39H. The number of nitrogens with zero attached hydrogens (tertiary/aromatic N) is 1. The summed E-state index contributed by atoms with van der Waals surface area (Å²) in [5.74, 6) is 0. The molecule has 0 amide bonds. The number of furan rings is 1. The lowest BCUT2D eigenvalue weighted by Gasteiger charge is -2.29. The molecule has 0 unspecified atom stereocenters. The zero-order valence-electron chi connectivity index (χ0n) is 33.9. The fraction of sp³-hybridized carbons (Fsp3) is 0. The van der Waals surface area contributed by atoms with Gasteiger partial charge in [0.15, 0.2) is 0 Å². The molecule has 62 heavy (non-hydrogen) atoms. The number of anilines is 3. The first-order valence-electron chi connectivity index (χ1n) is 21.3. The van der Waals surface area contributed by atoms with Crippen molar-refractivity contribution >= 4 is 71.3 Å². The van der Waals surface area contributed by atoms with Gasteiger partial charge in [0, 0.05) is 33.5 Å². The Morgan fingerprint density at radius 1 is 0.258 bits per heavy atom. The number of hydrogen-bond donors (Lipinski definition) is 0. The fourth-order valence-corrected chi connectivity index (χ4v) is 9.69. The van der Waals surface area contributed by atoms with E-state index in [0.717, 1.165) is 55.5 Å². The molecule has 0 saturated heterocycles. The maximum atomic E-state index is 6.55. The summed E-state index contributed by atoms with van der Waals surface area (Å²) in [6.45, 7) is 0. The number of hydrogen-bond acceptors (Lipinski definition) is 2. The van der Waals surface area contributed by atoms with Crippen LogP contribution in [0.15, 0.2) is 241 Å². The van der Waals surface area contributed by atoms with Gasteiger partial charge in [-0.15, -0.1) is 0 Å². The lowest BCUT2D eigenvalue weighted by atomic mass is 9.84. The molecule has 0 aliphatic carbocycles. The largest absolute Gasteiger partial charge is 0.456 e. The molecular formula is C60H39NO. The van der Waals surface area contributed by atoms with Crippen LogP contribution in [0, 0.1) is 0 Å². The van der Waals surface area contributed by atoms with E-state index in [0.29, 0.717) is 0 Å². The average Bonchev–Trinajstić information content (AvgIpc) is 3.72. The second kappa shape index (κ2) is 14.8. The van der Waals surface area contributed by atoms with Gasteiger partial charge in [0.25, 0.3) is 0 Å². The summed E-state index contributed by atoms with van der Waals surface area (Å²) in [4.78, 5) is 2.43. The third-order valence-corrected chi connectivity index (χ3v) is 12.5. The van der Waals surface area contributed by atoms with Crippen LogP contribution in [0.5, 0.6) is 0 Å². The van der Waals surface area contributed by atoms with Crippen LogP contribution < -0.4 is 4.90 Å². The molecule has 12 rings (SSSR count). The van der Waals surface area contributed by atoms with Crippen LogP contribution in [-0.2, 0) is 0 Å². The third-order valence-electron chi connectivity index (χ3n) is 12.5. The summed E-state index contributed by atoms with van der Waals surface area (Å²) < 4.78 is 6.55. The lowest BCUT2D eigenvalue weighted by molar-refractivity contribution is 0.669. The van der Waals surface area contributed by atoms with Crippen LogP contribution in [0.3, 0.4) is 0 Å². The molecule has 0 N–H and O–H groups in total. The molecule has 0 fully saturated rings. The van der Waals surface area contributed by atoms with Crippen LogP contribution in [0.4, 0.5) is 17.1 Å². The number of rotatable bonds is 7. The van der Waals surface area contributed by atoms with Crippen LogP contribution in [0.1, 0.15) is 0 Å². The van der Waals surface area contributed by atoms with Gasteiger partial charge in [0.1, 0.15) is 11.2 Å². The molecule has 1 heterocycles. The number of para-hydroxylation sites is 2. The van der Waals surface area contributed by atoms with Gasteiger partial charge >= 0.3 is 0 Å². The Labute approximate surface area is 360 Å². The van der Waals surface area contributed by atoms with E-state index in [1.165, 1.54) is 60.3 Å². The highest BCUT2D eigenvalue weighted by Crippen LogP contribution is 2.49. The molecule has 11 aromatic carbocycles. The number of benzene rings is 11. The molecule has 0 spiro atoms. The van der Waals surface area contributed by atoms with Gasteiger partial charge in [0.05, 0.1) is 11.4 Å². The second-order valence-electron chi connectivity index (χ2n) is 16.0. The van der Waals surface area contributed by atoms with Crippen LogP contribution >= 0.6 is 0 Å². The predicted molar refractivity (Wildman–Crippen MR) is 263 cm³/mol. The van der Waals surface area contributed by atoms with Crippen molar-refractivity contribution in [1.29, 1.82) is 0 Å². The highest BCUT2D eigenvalue weighted by Gasteiger charge is 2.23. The van der Waals surface area contributed by atoms with Crippen LogP contribution in [0.2, 0.25) is 0 Å². The predicted octanol–water partition coefficient (Wildman–Crippen LogP) is 17.2. The van der Waals surface area contributed by atoms with Crippen molar-refractivity contribution < 1.29 is 4.42 Å². The molecule has 0 aliphatic heterocycles. The SMILES string of the molecule is c1ccc(-c2ccc(N(c3ccc4c(c3)oc3ccccc34)c3ccccc3-c3ccc4c(c3)c(-c3ccccc3)c(-c3ccccc3)c3ccccc34)c3ccccc23)cc1. The van der Waals surface area contributed by atoms with Crippen LogP contribution in [-0.4, -0.2) is 0 Å². The minimum Gasteiger partial charge on any atom is -0.456 e. The third kappa shape index (κ3) is 5.88. The molecule has 12 aromatic rings. The Kier molecular flexibility index (Phi) is 8.53. The molecular weight excluding hydrogens is 751 g/mol. The highest BCUT2D eigenvalue weighted by molar-refractivity contribution is 6.22. The lowest BCUT2D eigenvalue weighted by Crippen LogP contribution is -2.12. The fourth-order valence-electron chi connectivity index (χ4n) is 9.69. The Balaban J connectivity index is 1.14. The van der Waals surface area contributed by atoms with E-state index in [2.05, 4.69) is 229 Å². The summed E-state index contributed by atoms with van der Waals surface area (Å²) in [6, 6.07) is 85.5. The van der Waals surface area contributed by atoms with Crippen molar-refractivity contribution in [3.63, 3.8) is 0 Å². The van der Waals surface area contributed by atoms with E-state index in [1.54, 1.807) is 0 Å². The molecule has 290 valence electrons. The van der Waals surface area contributed by atoms with Crippen molar-refractivity contribution in [2.75, 3.05) is 4.90 Å². The molecule has 0 bridgehead atoms. The van der Waals surface area contributed by atoms with Crippen molar-refractivity contribution in [2.24, 2.45) is 0 Å². The van der Waals surface area contributed by atoms with E-state index in [9.17, 15) is 0 Å². The van der Waals surface area contributed by atoms with Gasteiger partial charge in [-0.1, -0.05) is 194 Å². The van der Waals surface area contributed by atoms with Crippen LogP contribution in [0.25, 0.3) is 98.8 Å². The quantitative estimate of drug-likeness (QED) is 0.150. The number of fused-ring (bicyclic) bond motifs is 7. The zero-order chi connectivity index (χ0) is 41.0. The molecule has 2 nitrogen and oxygen atoms in total. The Hall–Kier alpha value is -8.20. The maximum Gasteiger partial charge on any atom is 0.137 e. The van der Waals surface area contributed by atoms with Gasteiger partial charge in [-0.3, -0.25) is 0 Å². The van der Waals surface area contributed by atoms with Crippen molar-refractivity contribution in [2.45, 2.75) is 0 Å². The first kappa shape index (κ1) is 35.7. The normalized spacial score (nSPS) is 11.5. The summed E-state index contributed by atoms with van der Waals surface area (Å²) in [5.41, 5.74) is 14.5. The Morgan fingerprint density at radius 3 is 1.53 bits per heavy atom. The smallest absolute Gasteiger partial charge is 0.137 e. The first-order chi connectivity index (χ1) is 30.8. The van der Waals surface area contributed by atoms with Gasteiger partial charge in [0.2, 0.25) is 0 Å². The molecule has 1 aromatic heterocycles. The van der Waals surface area contributed by atoms with Gasteiger partial charge in [-0.25, -0.2) is 0 Å². The van der Waals surface area contributed by atoms with Gasteiger partial charge in [-0.2, -0.15) is 0 Å². The summed E-state index contributed by atoms with van der Waals surface area (Å²) >= 11 is 0. The van der Waals surface area contributed by atoms with E-state index < -0.39 is 0 Å². The monoisotopic (exact) mass is 789 g/mol. The topological polar surface area (TPSA) is 16.4 Å². The summed E-state index contributed by atoms with van der Waals surface area (Å²) in [5, 5.41) is 9.52. The average molecular weight is 790 g/mol. The maximum absolute atomic E-state index is 6.55. The second-order valence-corrected chi connectivity index (χ2v) is 16.0. The minimum absolute atomic E-state index is 0.856. The molecule has 0 radical (unpaired) electrons. The van der Waals surface area contributed by atoms with Gasteiger partial charge < -0.3 is 9.32 Å². The van der Waals surface area contributed by atoms with E-state index in [-0.39, 0.29) is 0 Å². The molecule has 0 aliphatic rings. The molecule has 2 heteroatoms.